The highest BCUT2D eigenvalue weighted by Gasteiger charge is 2.48. The minimum atomic E-state index is -4.07. The van der Waals surface area contributed by atoms with Gasteiger partial charge in [-0.1, -0.05) is 0 Å². The minimum absolute atomic E-state index is 0.00939. The molecule has 5 N–H and O–H groups in total. The molecule has 0 radical (unpaired) electrons. The van der Waals surface area contributed by atoms with Crippen LogP contribution in [0.1, 0.15) is 56.6 Å². The molecule has 0 amide bonds. The van der Waals surface area contributed by atoms with Gasteiger partial charge in [0.25, 0.3) is 0 Å². The van der Waals surface area contributed by atoms with Crippen LogP contribution in [0.25, 0.3) is 33.1 Å². The average molecular weight is 875 g/mol. The van der Waals surface area contributed by atoms with E-state index in [2.05, 4.69) is 35.8 Å². The number of likely N-dealkylation sites (tertiary alicyclic amines) is 2. The summed E-state index contributed by atoms with van der Waals surface area (Å²) in [6.07, 6.45) is 1.15. The first-order valence-corrected chi connectivity index (χ1v) is 21.8. The van der Waals surface area contributed by atoms with Crippen molar-refractivity contribution in [3.63, 3.8) is 0 Å². The smallest absolute Gasteiger partial charge is 0.395 e. The van der Waals surface area contributed by atoms with E-state index in [4.69, 9.17) is 44.7 Å². The Morgan fingerprint density at radius 3 is 1.97 bits per heavy atom. The topological polar surface area (TPSA) is 192 Å². The van der Waals surface area contributed by atoms with Gasteiger partial charge in [0.15, 0.2) is 40.2 Å². The van der Waals surface area contributed by atoms with Crippen LogP contribution in [0.2, 0.25) is 0 Å². The number of benzene rings is 2. The molecule has 0 aliphatic carbocycles. The predicted octanol–water partition coefficient (Wildman–Crippen LogP) is 4.46. The predicted molar refractivity (Wildman–Crippen MR) is 220 cm³/mol. The fraction of sp³-hybridized carbons (Fsp3) is 0.561. The highest BCUT2D eigenvalue weighted by atomic mass is 19.3. The molecule has 332 valence electrons. The van der Waals surface area contributed by atoms with Gasteiger partial charge in [0.2, 0.25) is 17.6 Å². The molecule has 12 rings (SSSR count). The second-order valence-electron chi connectivity index (χ2n) is 18.0. The summed E-state index contributed by atoms with van der Waals surface area (Å²) < 4.78 is 81.8. The third-order valence-corrected chi connectivity index (χ3v) is 14.2. The van der Waals surface area contributed by atoms with Crippen molar-refractivity contribution in [2.75, 3.05) is 76.5 Å². The summed E-state index contributed by atoms with van der Waals surface area (Å²) in [6, 6.07) is 4.44. The zero-order valence-corrected chi connectivity index (χ0v) is 34.4. The van der Waals surface area contributed by atoms with Gasteiger partial charge in [-0.2, -0.15) is 9.03 Å². The van der Waals surface area contributed by atoms with Gasteiger partial charge in [0.1, 0.15) is 11.0 Å². The molecular formula is C41H46F4N14O4. The second-order valence-corrected chi connectivity index (χ2v) is 18.0. The first kappa shape index (κ1) is 39.0. The first-order chi connectivity index (χ1) is 30.4. The Hall–Kier alpha value is -5.58. The van der Waals surface area contributed by atoms with Crippen LogP contribution in [0.5, 0.6) is 23.0 Å². The molecule has 4 aromatic heterocycles. The SMILES string of the molecule is Nc1nc2c3c(c(Nc4nc5c6c(ccc5c5nc(CCN7CCC8(CCNCC8)CC7)nn45)OC(F)(F)O6)cc2c2nc(CCN4CCC5(CCNCC5)C4)nn12)OC(F)(F)O3. The maximum absolute atomic E-state index is 15.1. The van der Waals surface area contributed by atoms with E-state index >= 15 is 8.78 Å². The van der Waals surface area contributed by atoms with Gasteiger partial charge >= 0.3 is 12.6 Å². The number of halogens is 4. The maximum Gasteiger partial charge on any atom is 0.586 e. The molecule has 22 heteroatoms. The molecule has 2 spiro atoms. The summed E-state index contributed by atoms with van der Waals surface area (Å²) in [4.78, 5) is 23.7. The molecule has 0 atom stereocenters. The lowest BCUT2D eigenvalue weighted by molar-refractivity contribution is -0.287. The van der Waals surface area contributed by atoms with Crippen LogP contribution < -0.4 is 40.6 Å². The summed E-state index contributed by atoms with van der Waals surface area (Å²) in [5.74, 6) is -0.457. The molecule has 6 aliphatic rings. The number of alkyl halides is 4. The Kier molecular flexibility index (Phi) is 8.81. The number of hydrogen-bond donors (Lipinski definition) is 4. The molecule has 4 fully saturated rings. The van der Waals surface area contributed by atoms with Gasteiger partial charge in [0.05, 0.1) is 11.1 Å². The largest absolute Gasteiger partial charge is 0.586 e. The standard InChI is InChI=1S/C41H46F4N14O4/c42-40(43)60-26-2-1-23-29(32(26)62-40)53-37(59-34(23)50-28(55-59)3-16-56-18-9-38(10-19-56)5-12-47-13-6-38)49-25-21-24-30(33-31(25)61-41(44,45)63-33)52-36(46)58-35(24)51-27(54-58)4-17-57-20-11-39(22-57)7-14-48-15-8-39/h1-2,21,47-48H,3-20,22H2,(H2,46,52)(H,49,53). The number of nitrogens with zero attached hydrogens (tertiary/aromatic N) is 10. The molecule has 0 saturated carbocycles. The number of rotatable bonds is 8. The van der Waals surface area contributed by atoms with Crippen LogP contribution in [0.3, 0.4) is 0 Å². The van der Waals surface area contributed by atoms with Gasteiger partial charge in [-0.15, -0.1) is 27.8 Å². The average Bonchev–Trinajstić information content (AvgIpc) is 4.10. The van der Waals surface area contributed by atoms with Crippen LogP contribution in [-0.2, 0) is 12.8 Å². The van der Waals surface area contributed by atoms with E-state index in [-0.39, 0.29) is 68.3 Å². The fourth-order valence-corrected chi connectivity index (χ4v) is 10.7. The minimum Gasteiger partial charge on any atom is -0.395 e. The number of anilines is 3. The number of ether oxygens (including phenoxy) is 4. The van der Waals surface area contributed by atoms with Crippen molar-refractivity contribution in [1.82, 2.24) is 59.6 Å². The van der Waals surface area contributed by atoms with Crippen molar-refractivity contribution in [3.8, 4) is 23.0 Å². The molecular weight excluding hydrogens is 829 g/mol. The molecule has 63 heavy (non-hydrogen) atoms. The number of fused-ring (bicyclic) bond motifs is 10. The van der Waals surface area contributed by atoms with Crippen molar-refractivity contribution in [1.29, 1.82) is 0 Å². The molecule has 6 aromatic rings. The Morgan fingerprint density at radius 2 is 1.22 bits per heavy atom. The van der Waals surface area contributed by atoms with Crippen LogP contribution in [0.15, 0.2) is 18.2 Å². The van der Waals surface area contributed by atoms with Gasteiger partial charge in [-0.05, 0) is 120 Å². The first-order valence-electron chi connectivity index (χ1n) is 21.8. The van der Waals surface area contributed by atoms with Crippen molar-refractivity contribution in [3.05, 3.63) is 29.8 Å². The summed E-state index contributed by atoms with van der Waals surface area (Å²) in [6.45, 7) is 9.59. The van der Waals surface area contributed by atoms with E-state index in [1.165, 1.54) is 34.0 Å². The van der Waals surface area contributed by atoms with E-state index in [1.54, 1.807) is 6.07 Å². The Labute approximate surface area is 356 Å². The summed E-state index contributed by atoms with van der Waals surface area (Å²) >= 11 is 0. The third kappa shape index (κ3) is 6.83. The zero-order valence-electron chi connectivity index (χ0n) is 34.4. The van der Waals surface area contributed by atoms with Gasteiger partial charge in [-0.25, -0.2) is 19.9 Å². The Bertz CT molecular complexity index is 2800. The highest BCUT2D eigenvalue weighted by Crippen LogP contribution is 2.52. The molecule has 2 aromatic carbocycles. The molecule has 0 unspecified atom stereocenters. The van der Waals surface area contributed by atoms with Crippen molar-refractivity contribution in [2.45, 2.75) is 70.4 Å². The molecule has 4 saturated heterocycles. The zero-order chi connectivity index (χ0) is 42.7. The van der Waals surface area contributed by atoms with E-state index in [1.807, 2.05) is 0 Å². The van der Waals surface area contributed by atoms with Crippen LogP contribution in [0, 0.1) is 10.8 Å². The summed E-state index contributed by atoms with van der Waals surface area (Å²) in [5, 5.41) is 20.2. The van der Waals surface area contributed by atoms with Gasteiger partial charge in [-0.3, -0.25) is 0 Å². The van der Waals surface area contributed by atoms with E-state index < -0.39 is 12.6 Å². The van der Waals surface area contributed by atoms with E-state index in [0.29, 0.717) is 47.3 Å². The Balaban J connectivity index is 0.903. The quantitative estimate of drug-likeness (QED) is 0.157. The second kappa shape index (κ2) is 14.2. The van der Waals surface area contributed by atoms with E-state index in [0.717, 1.165) is 91.0 Å². The van der Waals surface area contributed by atoms with Crippen molar-refractivity contribution in [2.24, 2.45) is 10.8 Å². The molecule has 0 bridgehead atoms. The normalized spacial score (nSPS) is 22.4. The van der Waals surface area contributed by atoms with Crippen LogP contribution >= 0.6 is 0 Å². The Morgan fingerprint density at radius 1 is 0.635 bits per heavy atom. The number of nitrogen functional groups attached to an aromatic ring is 1. The number of nitrogens with two attached hydrogens (primary N) is 1. The van der Waals surface area contributed by atoms with E-state index in [9.17, 15) is 8.78 Å². The number of piperidine rings is 3. The monoisotopic (exact) mass is 874 g/mol. The molecule has 6 aliphatic heterocycles. The lowest BCUT2D eigenvalue weighted by Crippen LogP contribution is -2.45. The number of hydrogen-bond acceptors (Lipinski definition) is 16. The summed E-state index contributed by atoms with van der Waals surface area (Å²) in [5.41, 5.74) is 7.60. The van der Waals surface area contributed by atoms with Crippen molar-refractivity contribution >= 4 is 50.7 Å². The van der Waals surface area contributed by atoms with Gasteiger partial charge in [0, 0.05) is 37.9 Å². The van der Waals surface area contributed by atoms with Gasteiger partial charge < -0.3 is 50.4 Å². The lowest BCUT2D eigenvalue weighted by atomic mass is 9.71. The highest BCUT2D eigenvalue weighted by molar-refractivity contribution is 6.02. The molecule has 10 heterocycles. The van der Waals surface area contributed by atoms with Crippen LogP contribution in [0.4, 0.5) is 35.1 Å². The summed E-state index contributed by atoms with van der Waals surface area (Å²) in [7, 11) is 0. The lowest BCUT2D eigenvalue weighted by Gasteiger charge is -2.44. The number of aromatic nitrogens is 8. The molecule has 18 nitrogen and oxygen atoms in total. The van der Waals surface area contributed by atoms with Crippen LogP contribution in [-0.4, -0.2) is 127 Å². The fourth-order valence-electron chi connectivity index (χ4n) is 10.7. The van der Waals surface area contributed by atoms with Crippen molar-refractivity contribution < 1.29 is 36.5 Å². The maximum atomic E-state index is 15.1. The number of nitrogens with one attached hydrogen (secondary N) is 3. The third-order valence-electron chi connectivity index (χ3n) is 14.2.